The predicted octanol–water partition coefficient (Wildman–Crippen LogP) is 1.04. The first kappa shape index (κ1) is 16.2. The molecular formula is C14H17N3O4S. The fourth-order valence-corrected chi connectivity index (χ4v) is 3.00. The van der Waals surface area contributed by atoms with Gasteiger partial charge in [-0.1, -0.05) is 6.07 Å². The summed E-state index contributed by atoms with van der Waals surface area (Å²) in [7, 11) is -2.40. The molecule has 0 spiro atoms. The third-order valence-corrected chi connectivity index (χ3v) is 4.47. The topological polar surface area (TPSA) is 90.3 Å². The van der Waals surface area contributed by atoms with Crippen LogP contribution in [0.1, 0.15) is 16.8 Å². The highest BCUT2D eigenvalue weighted by molar-refractivity contribution is 7.89. The average Bonchev–Trinajstić information content (AvgIpc) is 3.04. The number of ether oxygens (including phenoxy) is 1. The minimum atomic E-state index is -3.65. The molecule has 118 valence electrons. The summed E-state index contributed by atoms with van der Waals surface area (Å²) in [6.07, 6.45) is 5.79. The summed E-state index contributed by atoms with van der Waals surface area (Å²) >= 11 is 0. The van der Waals surface area contributed by atoms with Crippen molar-refractivity contribution in [2.24, 2.45) is 0 Å². The number of aromatic nitrogens is 2. The van der Waals surface area contributed by atoms with Gasteiger partial charge in [0.1, 0.15) is 0 Å². The van der Waals surface area contributed by atoms with E-state index in [9.17, 15) is 13.2 Å². The van der Waals surface area contributed by atoms with Gasteiger partial charge < -0.3 is 9.30 Å². The lowest BCUT2D eigenvalue weighted by Crippen LogP contribution is -2.25. The van der Waals surface area contributed by atoms with Gasteiger partial charge in [-0.05, 0) is 24.6 Å². The van der Waals surface area contributed by atoms with E-state index in [4.69, 9.17) is 0 Å². The molecule has 7 nitrogen and oxygen atoms in total. The van der Waals surface area contributed by atoms with Crippen molar-refractivity contribution in [3.05, 3.63) is 48.5 Å². The number of benzene rings is 1. The zero-order chi connectivity index (χ0) is 16.0. The number of imidazole rings is 1. The van der Waals surface area contributed by atoms with Crippen LogP contribution in [0.4, 0.5) is 0 Å². The van der Waals surface area contributed by atoms with E-state index in [0.717, 1.165) is 0 Å². The maximum atomic E-state index is 12.2. The molecule has 0 aliphatic carbocycles. The molecule has 1 aromatic carbocycles. The lowest BCUT2D eigenvalue weighted by Gasteiger charge is -2.08. The van der Waals surface area contributed by atoms with Crippen LogP contribution in [-0.2, 0) is 21.3 Å². The van der Waals surface area contributed by atoms with Crippen LogP contribution in [0.25, 0.3) is 0 Å². The second kappa shape index (κ2) is 7.19. The van der Waals surface area contributed by atoms with Crippen molar-refractivity contribution in [3.8, 4) is 0 Å². The normalized spacial score (nSPS) is 11.3. The molecule has 0 saturated heterocycles. The largest absolute Gasteiger partial charge is 0.465 e. The van der Waals surface area contributed by atoms with E-state index in [1.54, 1.807) is 12.5 Å². The SMILES string of the molecule is COC(=O)c1cccc(S(=O)(=O)NCCCn2ccnc2)c1. The van der Waals surface area contributed by atoms with E-state index in [1.165, 1.54) is 31.4 Å². The lowest BCUT2D eigenvalue weighted by atomic mass is 10.2. The van der Waals surface area contributed by atoms with E-state index in [1.807, 2.05) is 10.8 Å². The fraction of sp³-hybridized carbons (Fsp3) is 0.286. The molecule has 1 N–H and O–H groups in total. The molecule has 1 aromatic heterocycles. The number of hydrogen-bond acceptors (Lipinski definition) is 5. The van der Waals surface area contributed by atoms with Crippen molar-refractivity contribution in [3.63, 3.8) is 0 Å². The molecule has 22 heavy (non-hydrogen) atoms. The molecule has 0 atom stereocenters. The number of rotatable bonds is 7. The quantitative estimate of drug-likeness (QED) is 0.607. The Balaban J connectivity index is 1.96. The third kappa shape index (κ3) is 4.15. The first-order valence-electron chi connectivity index (χ1n) is 6.67. The summed E-state index contributed by atoms with van der Waals surface area (Å²) in [6, 6.07) is 5.74. The van der Waals surface area contributed by atoms with Crippen LogP contribution in [0.5, 0.6) is 0 Å². The van der Waals surface area contributed by atoms with Crippen molar-refractivity contribution in [2.45, 2.75) is 17.9 Å². The van der Waals surface area contributed by atoms with Crippen LogP contribution in [0, 0.1) is 0 Å². The molecule has 0 saturated carbocycles. The van der Waals surface area contributed by atoms with Gasteiger partial charge in [0.15, 0.2) is 0 Å². The van der Waals surface area contributed by atoms with Gasteiger partial charge in [0.2, 0.25) is 10.0 Å². The van der Waals surface area contributed by atoms with Crippen LogP contribution >= 0.6 is 0 Å². The van der Waals surface area contributed by atoms with Gasteiger partial charge >= 0.3 is 5.97 Å². The molecule has 0 aliphatic rings. The van der Waals surface area contributed by atoms with Crippen LogP contribution in [0.2, 0.25) is 0 Å². The number of hydrogen-bond donors (Lipinski definition) is 1. The minimum Gasteiger partial charge on any atom is -0.465 e. The van der Waals surface area contributed by atoms with Gasteiger partial charge in [0.25, 0.3) is 0 Å². The lowest BCUT2D eigenvalue weighted by molar-refractivity contribution is 0.0600. The predicted molar refractivity (Wildman–Crippen MR) is 79.8 cm³/mol. The van der Waals surface area contributed by atoms with E-state index >= 15 is 0 Å². The molecule has 0 amide bonds. The monoisotopic (exact) mass is 323 g/mol. The maximum absolute atomic E-state index is 12.2. The number of nitrogens with one attached hydrogen (secondary N) is 1. The molecule has 2 aromatic rings. The molecule has 8 heteroatoms. The van der Waals surface area contributed by atoms with Crippen molar-refractivity contribution in [2.75, 3.05) is 13.7 Å². The number of esters is 1. The van der Waals surface area contributed by atoms with Crippen molar-refractivity contribution < 1.29 is 17.9 Å². The van der Waals surface area contributed by atoms with Crippen molar-refractivity contribution >= 4 is 16.0 Å². The first-order valence-corrected chi connectivity index (χ1v) is 8.15. The standard InChI is InChI=1S/C14H17N3O4S/c1-21-14(18)12-4-2-5-13(10-12)22(19,20)16-6-3-8-17-9-7-15-11-17/h2,4-5,7,9-11,16H,3,6,8H2,1H3. The highest BCUT2D eigenvalue weighted by Crippen LogP contribution is 2.12. The molecule has 0 aliphatic heterocycles. The van der Waals surface area contributed by atoms with E-state index in [0.29, 0.717) is 19.5 Å². The molecule has 0 bridgehead atoms. The Morgan fingerprint density at radius 1 is 1.41 bits per heavy atom. The van der Waals surface area contributed by atoms with Gasteiger partial charge in [-0.2, -0.15) is 0 Å². The van der Waals surface area contributed by atoms with Gasteiger partial charge in [-0.3, -0.25) is 0 Å². The molecule has 1 heterocycles. The van der Waals surface area contributed by atoms with E-state index in [-0.39, 0.29) is 10.5 Å². The van der Waals surface area contributed by atoms with Crippen LogP contribution < -0.4 is 4.72 Å². The number of aryl methyl sites for hydroxylation is 1. The fourth-order valence-electron chi connectivity index (χ4n) is 1.88. The molecule has 0 unspecified atom stereocenters. The van der Waals surface area contributed by atoms with Crippen molar-refractivity contribution in [1.29, 1.82) is 0 Å². The van der Waals surface area contributed by atoms with E-state index < -0.39 is 16.0 Å². The second-order valence-corrected chi connectivity index (χ2v) is 6.34. The molecule has 2 rings (SSSR count). The Labute approximate surface area is 129 Å². The van der Waals surface area contributed by atoms with Crippen LogP contribution in [0.3, 0.4) is 0 Å². The highest BCUT2D eigenvalue weighted by Gasteiger charge is 2.15. The Hall–Kier alpha value is -2.19. The second-order valence-electron chi connectivity index (χ2n) is 4.57. The molecule has 0 radical (unpaired) electrons. The summed E-state index contributed by atoms with van der Waals surface area (Å²) in [5.41, 5.74) is 0.198. The Bertz CT molecular complexity index is 726. The average molecular weight is 323 g/mol. The van der Waals surface area contributed by atoms with E-state index in [2.05, 4.69) is 14.4 Å². The summed E-state index contributed by atoms with van der Waals surface area (Å²) < 4.78 is 33.3. The van der Waals surface area contributed by atoms with Crippen LogP contribution in [-0.4, -0.2) is 37.6 Å². The number of carbonyl (C=O) groups excluding carboxylic acids is 1. The van der Waals surface area contributed by atoms with Gasteiger partial charge in [-0.15, -0.1) is 0 Å². The zero-order valence-electron chi connectivity index (χ0n) is 12.1. The third-order valence-electron chi connectivity index (χ3n) is 3.01. The Kier molecular flexibility index (Phi) is 5.29. The molecule has 0 fully saturated rings. The molecular weight excluding hydrogens is 306 g/mol. The number of methoxy groups -OCH3 is 1. The van der Waals surface area contributed by atoms with Crippen molar-refractivity contribution in [1.82, 2.24) is 14.3 Å². The van der Waals surface area contributed by atoms with Crippen LogP contribution in [0.15, 0.2) is 47.9 Å². The number of carbonyl (C=O) groups is 1. The maximum Gasteiger partial charge on any atom is 0.337 e. The summed E-state index contributed by atoms with van der Waals surface area (Å²) in [5.74, 6) is -0.572. The van der Waals surface area contributed by atoms with Gasteiger partial charge in [-0.25, -0.2) is 22.9 Å². The number of sulfonamides is 1. The summed E-state index contributed by atoms with van der Waals surface area (Å²) in [5, 5.41) is 0. The summed E-state index contributed by atoms with van der Waals surface area (Å²) in [6.45, 7) is 0.966. The van der Waals surface area contributed by atoms with Gasteiger partial charge in [0, 0.05) is 25.5 Å². The Morgan fingerprint density at radius 2 is 2.23 bits per heavy atom. The minimum absolute atomic E-state index is 0.0398. The Morgan fingerprint density at radius 3 is 2.91 bits per heavy atom. The first-order chi connectivity index (χ1) is 10.5. The summed E-state index contributed by atoms with van der Waals surface area (Å²) in [4.78, 5) is 15.4. The smallest absolute Gasteiger partial charge is 0.337 e. The highest BCUT2D eigenvalue weighted by atomic mass is 32.2. The zero-order valence-corrected chi connectivity index (χ0v) is 12.9. The number of nitrogens with zero attached hydrogens (tertiary/aromatic N) is 2. The van der Waals surface area contributed by atoms with Gasteiger partial charge in [0.05, 0.1) is 23.9 Å².